The molecule has 3 nitrogen and oxygen atoms in total. The molecule has 0 bridgehead atoms. The number of halogens is 1. The first kappa shape index (κ1) is 13.0. The lowest BCUT2D eigenvalue weighted by Gasteiger charge is -2.29. The van der Waals surface area contributed by atoms with Gasteiger partial charge in [-0.25, -0.2) is 4.39 Å². The second-order valence-electron chi connectivity index (χ2n) is 4.51. The highest BCUT2D eigenvalue weighted by Gasteiger charge is 2.25. The number of benzene rings is 2. The Kier molecular flexibility index (Phi) is 3.36. The maximum atomic E-state index is 13.8. The maximum absolute atomic E-state index is 13.8. The van der Waals surface area contributed by atoms with E-state index in [-0.39, 0.29) is 11.5 Å². The fourth-order valence-corrected chi connectivity index (χ4v) is 3.23. The molecule has 2 aromatic carbocycles. The van der Waals surface area contributed by atoms with E-state index in [0.29, 0.717) is 12.2 Å². The molecule has 0 radical (unpaired) electrons. The van der Waals surface area contributed by atoms with E-state index in [2.05, 4.69) is 0 Å². The first-order chi connectivity index (χ1) is 9.66. The smallest absolute Gasteiger partial charge is 0.261 e. The summed E-state index contributed by atoms with van der Waals surface area (Å²) in [5.41, 5.74) is 6.88. The van der Waals surface area contributed by atoms with Crippen LogP contribution in [0.15, 0.2) is 47.4 Å². The fraction of sp³-hybridized carbons (Fsp3) is 0.133. The number of anilines is 2. The average molecular weight is 288 g/mol. The number of amides is 1. The van der Waals surface area contributed by atoms with E-state index in [1.54, 1.807) is 16.7 Å². The molecular formula is C15H13FN2OS. The van der Waals surface area contributed by atoms with E-state index >= 15 is 0 Å². The lowest BCUT2D eigenvalue weighted by Crippen LogP contribution is -2.36. The molecule has 20 heavy (non-hydrogen) atoms. The Morgan fingerprint density at radius 3 is 2.90 bits per heavy atom. The maximum Gasteiger partial charge on any atom is 0.261 e. The number of rotatable bonds is 1. The summed E-state index contributed by atoms with van der Waals surface area (Å²) in [4.78, 5) is 15.2. The van der Waals surface area contributed by atoms with Crippen LogP contribution in [-0.2, 0) is 0 Å². The zero-order valence-electron chi connectivity index (χ0n) is 10.7. The van der Waals surface area contributed by atoms with Crippen LogP contribution in [-0.4, -0.2) is 18.2 Å². The van der Waals surface area contributed by atoms with Crippen molar-refractivity contribution in [3.05, 3.63) is 53.8 Å². The number of carbonyl (C=O) groups is 1. The van der Waals surface area contributed by atoms with Crippen molar-refractivity contribution in [1.29, 1.82) is 0 Å². The number of hydrogen-bond acceptors (Lipinski definition) is 3. The minimum Gasteiger partial charge on any atom is -0.399 e. The Morgan fingerprint density at radius 2 is 2.05 bits per heavy atom. The molecule has 2 aromatic rings. The molecule has 2 N–H and O–H groups in total. The second kappa shape index (κ2) is 5.17. The van der Waals surface area contributed by atoms with Gasteiger partial charge < -0.3 is 10.6 Å². The zero-order chi connectivity index (χ0) is 14.1. The highest BCUT2D eigenvalue weighted by Crippen LogP contribution is 2.35. The molecule has 0 unspecified atom stereocenters. The predicted molar refractivity (Wildman–Crippen MR) is 79.7 cm³/mol. The number of thioether (sulfide) groups is 1. The molecule has 1 aliphatic heterocycles. The van der Waals surface area contributed by atoms with Gasteiger partial charge in [0.1, 0.15) is 5.82 Å². The van der Waals surface area contributed by atoms with E-state index in [1.165, 1.54) is 18.2 Å². The summed E-state index contributed by atoms with van der Waals surface area (Å²) in [7, 11) is 0. The van der Waals surface area contributed by atoms with Gasteiger partial charge in [-0.1, -0.05) is 12.1 Å². The molecule has 0 fully saturated rings. The fourth-order valence-electron chi connectivity index (χ4n) is 2.23. The number of carbonyl (C=O) groups excluding carboxylic acids is 1. The molecule has 0 aliphatic carbocycles. The monoisotopic (exact) mass is 288 g/mol. The standard InChI is InChI=1S/C15H13FN2OS/c16-12-6-5-10(17)9-11(12)15(19)18-7-8-20-14-4-2-1-3-13(14)18/h1-6,9H,7-8,17H2. The molecule has 1 heterocycles. The van der Waals surface area contributed by atoms with Crippen LogP contribution in [0.3, 0.4) is 0 Å². The number of nitrogens with zero attached hydrogens (tertiary/aromatic N) is 1. The van der Waals surface area contributed by atoms with Gasteiger partial charge in [0, 0.05) is 22.9 Å². The van der Waals surface area contributed by atoms with E-state index in [0.717, 1.165) is 16.3 Å². The van der Waals surface area contributed by atoms with Crippen molar-refractivity contribution in [2.24, 2.45) is 0 Å². The minimum absolute atomic E-state index is 0.0201. The second-order valence-corrected chi connectivity index (χ2v) is 5.65. The molecule has 0 spiro atoms. The van der Waals surface area contributed by atoms with Gasteiger partial charge in [-0.15, -0.1) is 11.8 Å². The molecular weight excluding hydrogens is 275 g/mol. The summed E-state index contributed by atoms with van der Waals surface area (Å²) in [5, 5.41) is 0. The molecule has 1 amide bonds. The van der Waals surface area contributed by atoms with Gasteiger partial charge in [0.15, 0.2) is 0 Å². The topological polar surface area (TPSA) is 46.3 Å². The highest BCUT2D eigenvalue weighted by atomic mass is 32.2. The third-order valence-corrected chi connectivity index (χ3v) is 4.24. The van der Waals surface area contributed by atoms with Gasteiger partial charge in [-0.3, -0.25) is 4.79 Å². The number of hydrogen-bond donors (Lipinski definition) is 1. The van der Waals surface area contributed by atoms with E-state index in [9.17, 15) is 9.18 Å². The normalized spacial score (nSPS) is 13.9. The van der Waals surface area contributed by atoms with Gasteiger partial charge in [-0.2, -0.15) is 0 Å². The largest absolute Gasteiger partial charge is 0.399 e. The van der Waals surface area contributed by atoms with E-state index < -0.39 is 5.82 Å². The Morgan fingerprint density at radius 1 is 1.25 bits per heavy atom. The number of para-hydroxylation sites is 1. The molecule has 3 rings (SSSR count). The third kappa shape index (κ3) is 2.25. The van der Waals surface area contributed by atoms with Crippen molar-refractivity contribution in [2.75, 3.05) is 22.9 Å². The van der Waals surface area contributed by atoms with Crippen molar-refractivity contribution in [2.45, 2.75) is 4.90 Å². The van der Waals surface area contributed by atoms with Crippen molar-refractivity contribution in [1.82, 2.24) is 0 Å². The number of nitrogen functional groups attached to an aromatic ring is 1. The van der Waals surface area contributed by atoms with Gasteiger partial charge in [0.2, 0.25) is 0 Å². The van der Waals surface area contributed by atoms with Crippen molar-refractivity contribution in [3.63, 3.8) is 0 Å². The zero-order valence-corrected chi connectivity index (χ0v) is 11.5. The van der Waals surface area contributed by atoms with Crippen LogP contribution in [0.2, 0.25) is 0 Å². The van der Waals surface area contributed by atoms with E-state index in [4.69, 9.17) is 5.73 Å². The van der Waals surface area contributed by atoms with Crippen molar-refractivity contribution >= 4 is 29.0 Å². The van der Waals surface area contributed by atoms with Crippen LogP contribution in [0.5, 0.6) is 0 Å². The summed E-state index contributed by atoms with van der Waals surface area (Å²) < 4.78 is 13.8. The predicted octanol–water partition coefficient (Wildman–Crippen LogP) is 3.16. The molecule has 0 aromatic heterocycles. The van der Waals surface area contributed by atoms with Gasteiger partial charge in [-0.05, 0) is 30.3 Å². The highest BCUT2D eigenvalue weighted by molar-refractivity contribution is 7.99. The van der Waals surface area contributed by atoms with Crippen LogP contribution in [0.4, 0.5) is 15.8 Å². The minimum atomic E-state index is -0.542. The number of fused-ring (bicyclic) bond motifs is 1. The summed E-state index contributed by atoms with van der Waals surface area (Å²) in [6.07, 6.45) is 0. The first-order valence-electron chi connectivity index (χ1n) is 6.25. The SMILES string of the molecule is Nc1ccc(F)c(C(=O)N2CCSc3ccccc32)c1. The quantitative estimate of drug-likeness (QED) is 0.820. The summed E-state index contributed by atoms with van der Waals surface area (Å²) in [6.45, 7) is 0.564. The lowest BCUT2D eigenvalue weighted by atomic mass is 10.1. The Balaban J connectivity index is 2.02. The van der Waals surface area contributed by atoms with Crippen LogP contribution >= 0.6 is 11.8 Å². The molecule has 0 atom stereocenters. The Hall–Kier alpha value is -2.01. The van der Waals surface area contributed by atoms with Crippen LogP contribution in [0.1, 0.15) is 10.4 Å². The summed E-state index contributed by atoms with van der Waals surface area (Å²) >= 11 is 1.70. The average Bonchev–Trinajstić information content (AvgIpc) is 2.48. The van der Waals surface area contributed by atoms with Crippen LogP contribution in [0.25, 0.3) is 0 Å². The van der Waals surface area contributed by atoms with Crippen LogP contribution in [0, 0.1) is 5.82 Å². The molecule has 5 heteroatoms. The molecule has 0 saturated carbocycles. The Labute approximate surface area is 120 Å². The van der Waals surface area contributed by atoms with Crippen molar-refractivity contribution in [3.8, 4) is 0 Å². The number of nitrogens with two attached hydrogens (primary N) is 1. The van der Waals surface area contributed by atoms with Crippen LogP contribution < -0.4 is 10.6 Å². The molecule has 1 aliphatic rings. The molecule has 0 saturated heterocycles. The molecule has 102 valence electrons. The Bertz CT molecular complexity index is 675. The summed E-state index contributed by atoms with van der Waals surface area (Å²) in [5.74, 6) is -0.0883. The van der Waals surface area contributed by atoms with Gasteiger partial charge in [0.05, 0.1) is 11.3 Å². The first-order valence-corrected chi connectivity index (χ1v) is 7.24. The van der Waals surface area contributed by atoms with Crippen molar-refractivity contribution < 1.29 is 9.18 Å². The van der Waals surface area contributed by atoms with E-state index in [1.807, 2.05) is 24.3 Å². The lowest BCUT2D eigenvalue weighted by molar-refractivity contribution is 0.0984. The van der Waals surface area contributed by atoms with Gasteiger partial charge in [0.25, 0.3) is 5.91 Å². The van der Waals surface area contributed by atoms with Gasteiger partial charge >= 0.3 is 0 Å². The summed E-state index contributed by atoms with van der Waals surface area (Å²) in [6, 6.07) is 11.7. The third-order valence-electron chi connectivity index (χ3n) is 3.19.